The van der Waals surface area contributed by atoms with E-state index in [-0.39, 0.29) is 11.9 Å². The Morgan fingerprint density at radius 2 is 2.19 bits per heavy atom. The van der Waals surface area contributed by atoms with E-state index in [4.69, 9.17) is 4.52 Å². The van der Waals surface area contributed by atoms with Crippen LogP contribution in [0, 0.1) is 6.92 Å². The van der Waals surface area contributed by atoms with Gasteiger partial charge in [0.1, 0.15) is 5.65 Å². The van der Waals surface area contributed by atoms with Crippen molar-refractivity contribution in [1.82, 2.24) is 25.0 Å². The molecule has 142 valence electrons. The molecule has 0 radical (unpaired) electrons. The zero-order chi connectivity index (χ0) is 18.6. The van der Waals surface area contributed by atoms with Gasteiger partial charge in [0.2, 0.25) is 11.8 Å². The van der Waals surface area contributed by atoms with E-state index in [9.17, 15) is 4.79 Å². The standard InChI is InChI=1S/C19H23N5O2S/c1-13-21-18(26-23-13)12-27-11-17(25)22-15-4-6-16(7-5-15)24-10-8-14-3-2-9-20-19(14)24/h2-3,8-10,15-16H,4-7,11-12H2,1H3,(H,22,25). The van der Waals surface area contributed by atoms with E-state index in [0.29, 0.717) is 29.3 Å². The molecule has 1 N–H and O–H groups in total. The molecule has 0 atom stereocenters. The third-order valence-electron chi connectivity index (χ3n) is 4.96. The Morgan fingerprint density at radius 1 is 1.33 bits per heavy atom. The van der Waals surface area contributed by atoms with Crippen LogP contribution in [-0.2, 0) is 10.5 Å². The third kappa shape index (κ3) is 4.32. The van der Waals surface area contributed by atoms with Gasteiger partial charge in [-0.05, 0) is 50.8 Å². The number of nitrogens with one attached hydrogen (secondary N) is 1. The lowest BCUT2D eigenvalue weighted by molar-refractivity contribution is -0.119. The van der Waals surface area contributed by atoms with Crippen LogP contribution >= 0.6 is 11.8 Å². The van der Waals surface area contributed by atoms with Crippen molar-refractivity contribution >= 4 is 28.7 Å². The van der Waals surface area contributed by atoms with E-state index in [1.165, 1.54) is 17.1 Å². The molecule has 1 amide bonds. The van der Waals surface area contributed by atoms with Crippen molar-refractivity contribution in [2.45, 2.75) is 50.4 Å². The zero-order valence-electron chi connectivity index (χ0n) is 15.3. The highest BCUT2D eigenvalue weighted by molar-refractivity contribution is 7.99. The Kier molecular flexibility index (Phi) is 5.42. The molecule has 3 aromatic heterocycles. The Hall–Kier alpha value is -2.35. The summed E-state index contributed by atoms with van der Waals surface area (Å²) in [7, 11) is 0. The van der Waals surface area contributed by atoms with Crippen molar-refractivity contribution < 1.29 is 9.32 Å². The Labute approximate surface area is 161 Å². The Balaban J connectivity index is 1.22. The second kappa shape index (κ2) is 8.12. The van der Waals surface area contributed by atoms with Crippen LogP contribution in [0.5, 0.6) is 0 Å². The van der Waals surface area contributed by atoms with E-state index < -0.39 is 0 Å². The summed E-state index contributed by atoms with van der Waals surface area (Å²) in [5.41, 5.74) is 1.05. The number of carbonyl (C=O) groups is 1. The van der Waals surface area contributed by atoms with Crippen LogP contribution in [-0.4, -0.2) is 37.4 Å². The minimum Gasteiger partial charge on any atom is -0.353 e. The van der Waals surface area contributed by atoms with Gasteiger partial charge in [0.05, 0.1) is 11.5 Å². The quantitative estimate of drug-likeness (QED) is 0.701. The average Bonchev–Trinajstić information content (AvgIpc) is 3.29. The predicted octanol–water partition coefficient (Wildman–Crippen LogP) is 3.26. The van der Waals surface area contributed by atoms with Gasteiger partial charge in [-0.1, -0.05) is 5.16 Å². The summed E-state index contributed by atoms with van der Waals surface area (Å²) in [4.78, 5) is 20.8. The average molecular weight is 385 g/mol. The number of amides is 1. The number of rotatable bonds is 6. The molecule has 0 aliphatic heterocycles. The fraction of sp³-hybridized carbons (Fsp3) is 0.474. The summed E-state index contributed by atoms with van der Waals surface area (Å²) >= 11 is 1.50. The summed E-state index contributed by atoms with van der Waals surface area (Å²) < 4.78 is 7.34. The molecule has 1 fully saturated rings. The third-order valence-corrected chi connectivity index (χ3v) is 5.88. The Morgan fingerprint density at radius 3 is 2.96 bits per heavy atom. The van der Waals surface area contributed by atoms with Crippen LogP contribution in [0.25, 0.3) is 11.0 Å². The van der Waals surface area contributed by atoms with Gasteiger partial charge in [-0.15, -0.1) is 11.8 Å². The highest BCUT2D eigenvalue weighted by atomic mass is 32.2. The first-order chi connectivity index (χ1) is 13.2. The van der Waals surface area contributed by atoms with Gasteiger partial charge in [0, 0.05) is 29.9 Å². The number of carbonyl (C=O) groups excluding carboxylic acids is 1. The molecule has 0 unspecified atom stereocenters. The molecular formula is C19H23N5O2S. The number of hydrogen-bond acceptors (Lipinski definition) is 6. The molecule has 0 saturated heterocycles. The van der Waals surface area contributed by atoms with Crippen molar-refractivity contribution in [3.8, 4) is 0 Å². The molecule has 0 bridgehead atoms. The first kappa shape index (κ1) is 18.0. The second-order valence-corrected chi connectivity index (χ2v) is 7.93. The maximum absolute atomic E-state index is 12.2. The van der Waals surface area contributed by atoms with Crippen molar-refractivity contribution in [1.29, 1.82) is 0 Å². The molecule has 3 aromatic rings. The van der Waals surface area contributed by atoms with Gasteiger partial charge in [0.15, 0.2) is 5.82 Å². The highest BCUT2D eigenvalue weighted by Crippen LogP contribution is 2.31. The van der Waals surface area contributed by atoms with Crippen LogP contribution in [0.2, 0.25) is 0 Å². The van der Waals surface area contributed by atoms with E-state index in [1.807, 2.05) is 12.3 Å². The van der Waals surface area contributed by atoms with E-state index >= 15 is 0 Å². The monoisotopic (exact) mass is 385 g/mol. The molecule has 7 nitrogen and oxygen atoms in total. The summed E-state index contributed by atoms with van der Waals surface area (Å²) in [6.07, 6.45) is 8.08. The molecule has 0 spiro atoms. The van der Waals surface area contributed by atoms with Crippen LogP contribution in [0.3, 0.4) is 0 Å². The number of fused-ring (bicyclic) bond motifs is 1. The molecule has 4 rings (SSSR count). The van der Waals surface area contributed by atoms with Gasteiger partial charge in [-0.3, -0.25) is 4.79 Å². The number of pyridine rings is 1. The number of aryl methyl sites for hydroxylation is 1. The van der Waals surface area contributed by atoms with Crippen molar-refractivity contribution in [2.24, 2.45) is 0 Å². The van der Waals surface area contributed by atoms with E-state index in [0.717, 1.165) is 31.3 Å². The number of aromatic nitrogens is 4. The summed E-state index contributed by atoms with van der Waals surface area (Å²) in [6, 6.07) is 6.91. The van der Waals surface area contributed by atoms with E-state index in [1.54, 1.807) is 6.92 Å². The Bertz CT molecular complexity index is 914. The highest BCUT2D eigenvalue weighted by Gasteiger charge is 2.24. The lowest BCUT2D eigenvalue weighted by Gasteiger charge is -2.30. The minimum atomic E-state index is 0.0766. The number of thioether (sulfide) groups is 1. The maximum Gasteiger partial charge on any atom is 0.236 e. The van der Waals surface area contributed by atoms with Gasteiger partial charge in [-0.25, -0.2) is 4.98 Å². The largest absolute Gasteiger partial charge is 0.353 e. The summed E-state index contributed by atoms with van der Waals surface area (Å²) in [5, 5.41) is 8.09. The lowest BCUT2D eigenvalue weighted by Crippen LogP contribution is -2.38. The van der Waals surface area contributed by atoms with Crippen LogP contribution in [0.1, 0.15) is 43.4 Å². The van der Waals surface area contributed by atoms with Gasteiger partial charge >= 0.3 is 0 Å². The first-order valence-corrected chi connectivity index (χ1v) is 10.4. The lowest BCUT2D eigenvalue weighted by atomic mass is 9.91. The number of hydrogen-bond donors (Lipinski definition) is 1. The van der Waals surface area contributed by atoms with Crippen molar-refractivity contribution in [2.75, 3.05) is 5.75 Å². The topological polar surface area (TPSA) is 85.8 Å². The molecule has 27 heavy (non-hydrogen) atoms. The molecule has 1 aliphatic rings. The SMILES string of the molecule is Cc1noc(CSCC(=O)NC2CCC(n3ccc4cccnc43)CC2)n1. The fourth-order valence-corrected chi connectivity index (χ4v) is 4.34. The number of nitrogens with zero attached hydrogens (tertiary/aromatic N) is 4. The smallest absolute Gasteiger partial charge is 0.236 e. The molecule has 1 aliphatic carbocycles. The molecular weight excluding hydrogens is 362 g/mol. The van der Waals surface area contributed by atoms with E-state index in [2.05, 4.69) is 43.3 Å². The maximum atomic E-state index is 12.2. The fourth-order valence-electron chi connectivity index (χ4n) is 3.68. The second-order valence-electron chi connectivity index (χ2n) is 6.94. The van der Waals surface area contributed by atoms with Gasteiger partial charge in [0.25, 0.3) is 0 Å². The molecule has 8 heteroatoms. The first-order valence-electron chi connectivity index (χ1n) is 9.27. The van der Waals surface area contributed by atoms with Crippen molar-refractivity contribution in [3.63, 3.8) is 0 Å². The molecule has 1 saturated carbocycles. The summed E-state index contributed by atoms with van der Waals surface area (Å²) in [6.45, 7) is 1.79. The molecule has 0 aromatic carbocycles. The van der Waals surface area contributed by atoms with Gasteiger partial charge in [-0.2, -0.15) is 4.98 Å². The molecule has 3 heterocycles. The van der Waals surface area contributed by atoms with Gasteiger partial charge < -0.3 is 14.4 Å². The normalized spacial score (nSPS) is 20.0. The minimum absolute atomic E-state index is 0.0766. The van der Waals surface area contributed by atoms with Crippen LogP contribution in [0.4, 0.5) is 0 Å². The summed E-state index contributed by atoms with van der Waals surface area (Å²) in [5.74, 6) is 2.24. The van der Waals surface area contributed by atoms with Crippen LogP contribution in [0.15, 0.2) is 35.1 Å². The zero-order valence-corrected chi connectivity index (χ0v) is 16.1. The predicted molar refractivity (Wildman–Crippen MR) is 104 cm³/mol. The van der Waals surface area contributed by atoms with Crippen LogP contribution < -0.4 is 5.32 Å². The van der Waals surface area contributed by atoms with Crippen molar-refractivity contribution in [3.05, 3.63) is 42.3 Å².